The monoisotopic (exact) mass is 227 g/mol. The van der Waals surface area contributed by atoms with E-state index in [4.69, 9.17) is 11.6 Å². The molecule has 0 fully saturated rings. The number of hydrogen-bond acceptors (Lipinski definition) is 4. The van der Waals surface area contributed by atoms with E-state index in [1.54, 1.807) is 6.07 Å². The third kappa shape index (κ3) is 2.76. The SMILES string of the molecule is COC(=O)C(C)C(=O)c1ccc(Cl)cn1. The van der Waals surface area contributed by atoms with E-state index >= 15 is 0 Å². The van der Waals surface area contributed by atoms with E-state index in [2.05, 4.69) is 9.72 Å². The number of esters is 1. The quantitative estimate of drug-likeness (QED) is 0.448. The Morgan fingerprint density at radius 1 is 1.47 bits per heavy atom. The van der Waals surface area contributed by atoms with Crippen LogP contribution in [0.2, 0.25) is 5.02 Å². The van der Waals surface area contributed by atoms with Gasteiger partial charge in [0.05, 0.1) is 12.1 Å². The number of ketones is 1. The van der Waals surface area contributed by atoms with E-state index in [0.717, 1.165) is 0 Å². The van der Waals surface area contributed by atoms with Crippen LogP contribution < -0.4 is 0 Å². The van der Waals surface area contributed by atoms with Gasteiger partial charge in [-0.15, -0.1) is 0 Å². The molecule has 15 heavy (non-hydrogen) atoms. The molecule has 0 aliphatic heterocycles. The van der Waals surface area contributed by atoms with Crippen molar-refractivity contribution >= 4 is 23.4 Å². The number of methoxy groups -OCH3 is 1. The van der Waals surface area contributed by atoms with Crippen LogP contribution in [0.5, 0.6) is 0 Å². The lowest BCUT2D eigenvalue weighted by Gasteiger charge is -2.06. The van der Waals surface area contributed by atoms with Gasteiger partial charge < -0.3 is 4.74 Å². The minimum atomic E-state index is -0.844. The van der Waals surface area contributed by atoms with Crippen molar-refractivity contribution < 1.29 is 14.3 Å². The normalized spacial score (nSPS) is 11.9. The molecule has 0 spiro atoms. The average Bonchev–Trinajstić information content (AvgIpc) is 2.27. The molecular formula is C10H10ClNO3. The lowest BCUT2D eigenvalue weighted by Crippen LogP contribution is -2.23. The fraction of sp³-hybridized carbons (Fsp3) is 0.300. The van der Waals surface area contributed by atoms with Gasteiger partial charge in [0, 0.05) is 6.20 Å². The van der Waals surface area contributed by atoms with Crippen molar-refractivity contribution in [2.45, 2.75) is 6.92 Å². The van der Waals surface area contributed by atoms with Crippen molar-refractivity contribution in [2.24, 2.45) is 5.92 Å². The molecule has 0 radical (unpaired) electrons. The minimum Gasteiger partial charge on any atom is -0.468 e. The first kappa shape index (κ1) is 11.7. The predicted octanol–water partition coefficient (Wildman–Crippen LogP) is 1.73. The Balaban J connectivity index is 2.85. The van der Waals surface area contributed by atoms with Gasteiger partial charge in [0.25, 0.3) is 0 Å². The van der Waals surface area contributed by atoms with Crippen LogP contribution >= 0.6 is 11.6 Å². The van der Waals surface area contributed by atoms with Gasteiger partial charge in [-0.25, -0.2) is 0 Å². The first-order valence-corrected chi connectivity index (χ1v) is 4.67. The molecule has 1 rings (SSSR count). The number of halogens is 1. The molecule has 1 atom stereocenters. The topological polar surface area (TPSA) is 56.3 Å². The van der Waals surface area contributed by atoms with Gasteiger partial charge in [0.2, 0.25) is 0 Å². The maximum Gasteiger partial charge on any atom is 0.316 e. The van der Waals surface area contributed by atoms with Gasteiger partial charge in [0.1, 0.15) is 11.6 Å². The van der Waals surface area contributed by atoms with Gasteiger partial charge in [-0.1, -0.05) is 11.6 Å². The molecule has 0 bridgehead atoms. The van der Waals surface area contributed by atoms with Crippen LogP contribution in [0, 0.1) is 5.92 Å². The largest absolute Gasteiger partial charge is 0.468 e. The van der Waals surface area contributed by atoms with E-state index in [1.807, 2.05) is 0 Å². The molecule has 0 amide bonds. The molecule has 0 aliphatic carbocycles. The second kappa shape index (κ2) is 4.89. The van der Waals surface area contributed by atoms with E-state index in [-0.39, 0.29) is 11.5 Å². The van der Waals surface area contributed by atoms with E-state index in [9.17, 15) is 9.59 Å². The zero-order chi connectivity index (χ0) is 11.4. The Morgan fingerprint density at radius 2 is 2.13 bits per heavy atom. The summed E-state index contributed by atoms with van der Waals surface area (Å²) in [6.07, 6.45) is 1.36. The number of carbonyl (C=O) groups is 2. The first-order chi connectivity index (χ1) is 7.06. The van der Waals surface area contributed by atoms with Gasteiger partial charge in [-0.2, -0.15) is 0 Å². The molecule has 80 valence electrons. The number of Topliss-reactive ketones (excluding diaryl/α,β-unsaturated/α-hetero) is 1. The van der Waals surface area contributed by atoms with Crippen LogP contribution in [-0.2, 0) is 9.53 Å². The molecule has 0 saturated carbocycles. The fourth-order valence-electron chi connectivity index (χ4n) is 1.03. The molecule has 1 aromatic heterocycles. The van der Waals surface area contributed by atoms with E-state index in [0.29, 0.717) is 5.02 Å². The Hall–Kier alpha value is -1.42. The second-order valence-corrected chi connectivity index (χ2v) is 3.41. The van der Waals surface area contributed by atoms with Crippen LogP contribution in [0.25, 0.3) is 0 Å². The van der Waals surface area contributed by atoms with Gasteiger partial charge in [0.15, 0.2) is 5.78 Å². The van der Waals surface area contributed by atoms with Crippen LogP contribution in [0.1, 0.15) is 17.4 Å². The highest BCUT2D eigenvalue weighted by molar-refractivity contribution is 6.30. The molecule has 0 N–H and O–H groups in total. The van der Waals surface area contributed by atoms with Gasteiger partial charge in [-0.3, -0.25) is 14.6 Å². The number of ether oxygens (including phenoxy) is 1. The molecule has 4 nitrogen and oxygen atoms in total. The number of aromatic nitrogens is 1. The first-order valence-electron chi connectivity index (χ1n) is 4.30. The summed E-state index contributed by atoms with van der Waals surface area (Å²) in [5.41, 5.74) is 0.206. The third-order valence-electron chi connectivity index (χ3n) is 1.93. The fourth-order valence-corrected chi connectivity index (χ4v) is 1.14. The number of rotatable bonds is 3. The maximum absolute atomic E-state index is 11.6. The zero-order valence-corrected chi connectivity index (χ0v) is 9.12. The van der Waals surface area contributed by atoms with E-state index < -0.39 is 11.9 Å². The summed E-state index contributed by atoms with van der Waals surface area (Å²) in [6, 6.07) is 3.02. The highest BCUT2D eigenvalue weighted by Crippen LogP contribution is 2.11. The van der Waals surface area contributed by atoms with Crippen molar-refractivity contribution in [2.75, 3.05) is 7.11 Å². The molecule has 1 unspecified atom stereocenters. The number of carbonyl (C=O) groups excluding carboxylic acids is 2. The lowest BCUT2D eigenvalue weighted by atomic mass is 10.0. The smallest absolute Gasteiger partial charge is 0.316 e. The third-order valence-corrected chi connectivity index (χ3v) is 2.15. The van der Waals surface area contributed by atoms with Crippen molar-refractivity contribution in [1.82, 2.24) is 4.98 Å². The molecular weight excluding hydrogens is 218 g/mol. The molecule has 0 saturated heterocycles. The summed E-state index contributed by atoms with van der Waals surface area (Å²) >= 11 is 5.62. The summed E-state index contributed by atoms with van der Waals surface area (Å²) < 4.78 is 4.46. The standard InChI is InChI=1S/C10H10ClNO3/c1-6(10(14)15-2)9(13)8-4-3-7(11)5-12-8/h3-6H,1-2H3. The van der Waals surface area contributed by atoms with Crippen LogP contribution in [-0.4, -0.2) is 23.8 Å². The number of nitrogens with zero attached hydrogens (tertiary/aromatic N) is 1. The van der Waals surface area contributed by atoms with Crippen molar-refractivity contribution in [3.63, 3.8) is 0 Å². The highest BCUT2D eigenvalue weighted by atomic mass is 35.5. The molecule has 0 aromatic carbocycles. The number of pyridine rings is 1. The summed E-state index contributed by atoms with van der Waals surface area (Å²) in [7, 11) is 1.24. The summed E-state index contributed by atoms with van der Waals surface area (Å²) in [5, 5.41) is 0.442. The zero-order valence-electron chi connectivity index (χ0n) is 8.36. The maximum atomic E-state index is 11.6. The second-order valence-electron chi connectivity index (χ2n) is 2.97. The predicted molar refractivity (Wildman–Crippen MR) is 54.8 cm³/mol. The van der Waals surface area contributed by atoms with Crippen LogP contribution in [0.4, 0.5) is 0 Å². The Kier molecular flexibility index (Phi) is 3.80. The molecule has 1 heterocycles. The minimum absolute atomic E-state index is 0.206. The molecule has 0 aliphatic rings. The molecule has 5 heteroatoms. The van der Waals surface area contributed by atoms with Crippen LogP contribution in [0.15, 0.2) is 18.3 Å². The highest BCUT2D eigenvalue weighted by Gasteiger charge is 2.24. The summed E-state index contributed by atoms with van der Waals surface area (Å²) in [4.78, 5) is 26.6. The number of hydrogen-bond donors (Lipinski definition) is 0. The summed E-state index contributed by atoms with van der Waals surface area (Å²) in [5.74, 6) is -1.79. The lowest BCUT2D eigenvalue weighted by molar-refractivity contribution is -0.143. The van der Waals surface area contributed by atoms with Crippen LogP contribution in [0.3, 0.4) is 0 Å². The van der Waals surface area contributed by atoms with E-state index in [1.165, 1.54) is 26.3 Å². The molecule has 1 aromatic rings. The Morgan fingerprint density at radius 3 is 2.60 bits per heavy atom. The van der Waals surface area contributed by atoms with Crippen molar-refractivity contribution in [3.05, 3.63) is 29.0 Å². The van der Waals surface area contributed by atoms with Gasteiger partial charge >= 0.3 is 5.97 Å². The van der Waals surface area contributed by atoms with Crippen molar-refractivity contribution in [3.8, 4) is 0 Å². The average molecular weight is 228 g/mol. The van der Waals surface area contributed by atoms with Crippen molar-refractivity contribution in [1.29, 1.82) is 0 Å². The Labute approximate surface area is 92.2 Å². The summed E-state index contributed by atoms with van der Waals surface area (Å²) in [6.45, 7) is 1.48. The Bertz CT molecular complexity index is 375. The van der Waals surface area contributed by atoms with Gasteiger partial charge in [-0.05, 0) is 19.1 Å².